The second-order valence-electron chi connectivity index (χ2n) is 6.99. The first-order valence-corrected chi connectivity index (χ1v) is 8.36. The molecule has 4 rings (SSSR count). The number of hydrogen-bond donors (Lipinski definition) is 1. The van der Waals surface area contributed by atoms with Crippen molar-refractivity contribution in [3.63, 3.8) is 0 Å². The highest BCUT2D eigenvalue weighted by Gasteiger charge is 2.39. The van der Waals surface area contributed by atoms with Crippen LogP contribution in [0.3, 0.4) is 0 Å². The summed E-state index contributed by atoms with van der Waals surface area (Å²) in [4.78, 5) is 15.2. The van der Waals surface area contributed by atoms with E-state index < -0.39 is 0 Å². The minimum Gasteiger partial charge on any atom is -0.349 e. The fourth-order valence-electron chi connectivity index (χ4n) is 4.62. The Kier molecular flexibility index (Phi) is 3.26. The predicted octanol–water partition coefficient (Wildman–Crippen LogP) is 2.53. The van der Waals surface area contributed by atoms with Crippen molar-refractivity contribution >= 4 is 5.91 Å². The van der Waals surface area contributed by atoms with Gasteiger partial charge in [0.05, 0.1) is 0 Å². The molecule has 0 unspecified atom stereocenters. The number of carbonyl (C=O) groups is 1. The van der Waals surface area contributed by atoms with Crippen molar-refractivity contribution in [2.75, 3.05) is 7.05 Å². The Labute approximate surface area is 126 Å². The Morgan fingerprint density at radius 3 is 2.71 bits per heavy atom. The van der Waals surface area contributed by atoms with Crippen LogP contribution in [0, 0.1) is 0 Å². The highest BCUT2D eigenvalue weighted by molar-refractivity contribution is 5.96. The summed E-state index contributed by atoms with van der Waals surface area (Å²) in [6, 6.07) is 7.93. The maximum absolute atomic E-state index is 12.7. The molecular weight excluding hydrogens is 260 g/mol. The number of amides is 1. The van der Waals surface area contributed by atoms with Crippen LogP contribution >= 0.6 is 0 Å². The molecule has 112 valence electrons. The van der Waals surface area contributed by atoms with E-state index in [0.717, 1.165) is 31.2 Å². The molecule has 1 aliphatic carbocycles. The average Bonchev–Trinajstić information content (AvgIpc) is 3.01. The molecule has 1 N–H and O–H groups in total. The predicted molar refractivity (Wildman–Crippen MR) is 83.5 cm³/mol. The molecule has 3 nitrogen and oxygen atoms in total. The minimum atomic E-state index is 0.155. The molecule has 2 heterocycles. The van der Waals surface area contributed by atoms with E-state index in [1.807, 2.05) is 12.1 Å². The van der Waals surface area contributed by atoms with E-state index in [0.29, 0.717) is 18.1 Å². The van der Waals surface area contributed by atoms with Crippen LogP contribution in [0.15, 0.2) is 18.2 Å². The van der Waals surface area contributed by atoms with Gasteiger partial charge in [-0.05, 0) is 69.2 Å². The summed E-state index contributed by atoms with van der Waals surface area (Å²) < 4.78 is 0. The molecule has 3 atom stereocenters. The zero-order valence-electron chi connectivity index (χ0n) is 12.8. The van der Waals surface area contributed by atoms with E-state index in [4.69, 9.17) is 0 Å². The first kappa shape index (κ1) is 13.3. The number of piperidine rings is 1. The molecule has 3 heteroatoms. The largest absolute Gasteiger partial charge is 0.349 e. The van der Waals surface area contributed by atoms with Crippen molar-refractivity contribution < 1.29 is 4.79 Å². The molecule has 0 spiro atoms. The summed E-state index contributed by atoms with van der Waals surface area (Å²) in [5.74, 6) is 0.155. The molecule has 21 heavy (non-hydrogen) atoms. The summed E-state index contributed by atoms with van der Waals surface area (Å²) >= 11 is 0. The van der Waals surface area contributed by atoms with E-state index in [2.05, 4.69) is 23.3 Å². The van der Waals surface area contributed by atoms with Crippen LogP contribution in [0.1, 0.15) is 53.6 Å². The van der Waals surface area contributed by atoms with Crippen molar-refractivity contribution in [3.05, 3.63) is 34.9 Å². The van der Waals surface area contributed by atoms with E-state index in [-0.39, 0.29) is 5.91 Å². The van der Waals surface area contributed by atoms with Crippen molar-refractivity contribution in [3.8, 4) is 0 Å². The fourth-order valence-corrected chi connectivity index (χ4v) is 4.62. The molecular formula is C18H24N2O. The third-order valence-corrected chi connectivity index (χ3v) is 5.82. The number of nitrogens with one attached hydrogen (secondary N) is 1. The Morgan fingerprint density at radius 1 is 1.19 bits per heavy atom. The first-order valence-electron chi connectivity index (χ1n) is 8.36. The maximum atomic E-state index is 12.7. The normalized spacial score (nSPS) is 31.2. The van der Waals surface area contributed by atoms with Crippen molar-refractivity contribution in [1.29, 1.82) is 0 Å². The Hall–Kier alpha value is -1.35. The van der Waals surface area contributed by atoms with Gasteiger partial charge < -0.3 is 10.2 Å². The van der Waals surface area contributed by atoms with Gasteiger partial charge in [0.25, 0.3) is 5.91 Å². The smallest absolute Gasteiger partial charge is 0.251 e. The number of carbonyl (C=O) groups excluding carboxylic acids is 1. The highest BCUT2D eigenvalue weighted by atomic mass is 16.1. The van der Waals surface area contributed by atoms with E-state index in [1.165, 1.54) is 30.4 Å². The number of fused-ring (bicyclic) bond motifs is 3. The van der Waals surface area contributed by atoms with Crippen LogP contribution in [0.4, 0.5) is 0 Å². The minimum absolute atomic E-state index is 0.155. The van der Waals surface area contributed by atoms with E-state index >= 15 is 0 Å². The SMILES string of the molecule is CN1[C@@H]2CC[C@H]1C[C@@H](NC(=O)c1cccc3c1CCC3)C2. The van der Waals surface area contributed by atoms with Crippen molar-refractivity contribution in [2.24, 2.45) is 0 Å². The monoisotopic (exact) mass is 284 g/mol. The highest BCUT2D eigenvalue weighted by Crippen LogP contribution is 2.34. The van der Waals surface area contributed by atoms with E-state index in [1.54, 1.807) is 0 Å². The summed E-state index contributed by atoms with van der Waals surface area (Å²) in [6.07, 6.45) is 8.23. The molecule has 0 saturated carbocycles. The third kappa shape index (κ3) is 2.28. The zero-order chi connectivity index (χ0) is 14.4. The summed E-state index contributed by atoms with van der Waals surface area (Å²) in [5.41, 5.74) is 3.60. The number of hydrogen-bond acceptors (Lipinski definition) is 2. The van der Waals surface area contributed by atoms with Gasteiger partial charge in [-0.25, -0.2) is 0 Å². The molecule has 2 aliphatic heterocycles. The van der Waals surface area contributed by atoms with Crippen molar-refractivity contribution in [2.45, 2.75) is 63.1 Å². The summed E-state index contributed by atoms with van der Waals surface area (Å²) in [6.45, 7) is 0. The molecule has 2 saturated heterocycles. The number of aryl methyl sites for hydroxylation is 1. The fraction of sp³-hybridized carbons (Fsp3) is 0.611. The molecule has 1 amide bonds. The molecule has 0 radical (unpaired) electrons. The lowest BCUT2D eigenvalue weighted by atomic mass is 9.96. The van der Waals surface area contributed by atoms with Crippen LogP contribution in [-0.2, 0) is 12.8 Å². The lowest BCUT2D eigenvalue weighted by Crippen LogP contribution is -2.48. The van der Waals surface area contributed by atoms with Gasteiger partial charge in [0, 0.05) is 23.7 Å². The van der Waals surface area contributed by atoms with Gasteiger partial charge in [-0.2, -0.15) is 0 Å². The Balaban J connectivity index is 1.49. The van der Waals surface area contributed by atoms with Gasteiger partial charge in [-0.1, -0.05) is 12.1 Å². The van der Waals surface area contributed by atoms with Gasteiger partial charge >= 0.3 is 0 Å². The number of nitrogens with zero attached hydrogens (tertiary/aromatic N) is 1. The first-order chi connectivity index (χ1) is 10.2. The van der Waals surface area contributed by atoms with Gasteiger partial charge in [-0.3, -0.25) is 4.79 Å². The second-order valence-corrected chi connectivity index (χ2v) is 6.99. The quantitative estimate of drug-likeness (QED) is 0.905. The lowest BCUT2D eigenvalue weighted by molar-refractivity contribution is 0.0881. The molecule has 2 bridgehead atoms. The number of benzene rings is 1. The van der Waals surface area contributed by atoms with Gasteiger partial charge in [0.1, 0.15) is 0 Å². The van der Waals surface area contributed by atoms with Crippen LogP contribution in [0.2, 0.25) is 0 Å². The van der Waals surface area contributed by atoms with Crippen LogP contribution in [0.5, 0.6) is 0 Å². The van der Waals surface area contributed by atoms with Gasteiger partial charge in [0.2, 0.25) is 0 Å². The van der Waals surface area contributed by atoms with E-state index in [9.17, 15) is 4.79 Å². The van der Waals surface area contributed by atoms with Crippen LogP contribution in [-0.4, -0.2) is 36.0 Å². The Bertz CT molecular complexity index is 554. The molecule has 0 aromatic heterocycles. The summed E-state index contributed by atoms with van der Waals surface area (Å²) in [5, 5.41) is 3.32. The van der Waals surface area contributed by atoms with Crippen LogP contribution in [0.25, 0.3) is 0 Å². The average molecular weight is 284 g/mol. The van der Waals surface area contributed by atoms with Gasteiger partial charge in [0.15, 0.2) is 0 Å². The molecule has 1 aromatic carbocycles. The Morgan fingerprint density at radius 2 is 1.95 bits per heavy atom. The zero-order valence-corrected chi connectivity index (χ0v) is 12.8. The molecule has 1 aromatic rings. The maximum Gasteiger partial charge on any atom is 0.251 e. The third-order valence-electron chi connectivity index (χ3n) is 5.82. The van der Waals surface area contributed by atoms with Crippen molar-refractivity contribution in [1.82, 2.24) is 10.2 Å². The topological polar surface area (TPSA) is 32.3 Å². The number of rotatable bonds is 2. The summed E-state index contributed by atoms with van der Waals surface area (Å²) in [7, 11) is 2.24. The van der Waals surface area contributed by atoms with Gasteiger partial charge in [-0.15, -0.1) is 0 Å². The lowest BCUT2D eigenvalue weighted by Gasteiger charge is -2.36. The molecule has 2 fully saturated rings. The van der Waals surface area contributed by atoms with Crippen LogP contribution < -0.4 is 5.32 Å². The second kappa shape index (κ2) is 5.13. The standard InChI is InChI=1S/C18H24N2O/c1-20-14-8-9-15(20)11-13(10-14)19-18(21)17-7-3-5-12-4-2-6-16(12)17/h3,5,7,13-15H,2,4,6,8-11H2,1H3,(H,19,21)/t13-,14+,15-. The molecule has 3 aliphatic rings.